The Labute approximate surface area is 201 Å². The van der Waals surface area contributed by atoms with Crippen molar-refractivity contribution in [3.63, 3.8) is 0 Å². The number of rotatable bonds is 8. The predicted octanol–water partition coefficient (Wildman–Crippen LogP) is 0.336. The maximum Gasteiger partial charge on any atom is 0.323 e. The minimum absolute atomic E-state index is 0.00781. The molecule has 0 saturated carbocycles. The van der Waals surface area contributed by atoms with E-state index >= 15 is 0 Å². The van der Waals surface area contributed by atoms with Gasteiger partial charge in [-0.05, 0) is 58.4 Å². The molecule has 4 unspecified atom stereocenters. The molecule has 0 bridgehead atoms. The molecule has 3 amide bonds. The second kappa shape index (κ2) is 11.8. The summed E-state index contributed by atoms with van der Waals surface area (Å²) >= 11 is 0. The maximum absolute atomic E-state index is 13.4. The van der Waals surface area contributed by atoms with Gasteiger partial charge >= 0.3 is 5.97 Å². The van der Waals surface area contributed by atoms with Gasteiger partial charge in [0.2, 0.25) is 17.7 Å². The van der Waals surface area contributed by atoms with Gasteiger partial charge in [0.25, 0.3) is 0 Å². The number of esters is 1. The molecule has 0 aliphatic carbocycles. The predicted molar refractivity (Wildman–Crippen MR) is 124 cm³/mol. The van der Waals surface area contributed by atoms with E-state index in [0.717, 1.165) is 25.8 Å². The zero-order chi connectivity index (χ0) is 24.8. The summed E-state index contributed by atoms with van der Waals surface area (Å²) in [4.78, 5) is 67.4. The van der Waals surface area contributed by atoms with Crippen LogP contribution in [-0.4, -0.2) is 102 Å². The number of hydrogen-bond donors (Lipinski definition) is 1. The van der Waals surface area contributed by atoms with Gasteiger partial charge in [-0.1, -0.05) is 6.92 Å². The van der Waals surface area contributed by atoms with Gasteiger partial charge in [-0.2, -0.15) is 0 Å². The van der Waals surface area contributed by atoms with Crippen molar-refractivity contribution in [1.29, 1.82) is 0 Å². The molecule has 0 spiro atoms. The SMILES string of the molecule is CC(C=O)NC(=O)C1CCCCN1C(=O)C1CCCN1C(=O)CCOC(=O)C1C[C@@H](C)CN1C. The van der Waals surface area contributed by atoms with Crippen molar-refractivity contribution in [1.82, 2.24) is 20.0 Å². The number of piperidine rings is 1. The third kappa shape index (κ3) is 6.14. The summed E-state index contributed by atoms with van der Waals surface area (Å²) in [6, 6.07) is -2.13. The Hall–Kier alpha value is -2.49. The highest BCUT2D eigenvalue weighted by molar-refractivity contribution is 5.93. The van der Waals surface area contributed by atoms with Gasteiger partial charge < -0.3 is 24.6 Å². The Morgan fingerprint density at radius 3 is 2.41 bits per heavy atom. The van der Waals surface area contributed by atoms with Gasteiger partial charge in [-0.3, -0.25) is 24.1 Å². The molecule has 0 aromatic rings. The van der Waals surface area contributed by atoms with E-state index in [9.17, 15) is 24.0 Å². The van der Waals surface area contributed by atoms with Crippen LogP contribution in [0.3, 0.4) is 0 Å². The van der Waals surface area contributed by atoms with Crippen molar-refractivity contribution in [2.75, 3.05) is 33.3 Å². The maximum atomic E-state index is 13.4. The Morgan fingerprint density at radius 2 is 1.74 bits per heavy atom. The first-order valence-corrected chi connectivity index (χ1v) is 12.5. The quantitative estimate of drug-likeness (QED) is 0.395. The summed E-state index contributed by atoms with van der Waals surface area (Å²) < 4.78 is 5.38. The number of amides is 3. The van der Waals surface area contributed by atoms with E-state index in [0.29, 0.717) is 44.6 Å². The number of nitrogens with zero attached hydrogens (tertiary/aromatic N) is 3. The third-order valence-electron chi connectivity index (χ3n) is 7.11. The van der Waals surface area contributed by atoms with Gasteiger partial charge in [0.15, 0.2) is 0 Å². The number of likely N-dealkylation sites (N-methyl/N-ethyl adjacent to an activating group) is 1. The zero-order valence-electron chi connectivity index (χ0n) is 20.5. The van der Waals surface area contributed by atoms with Crippen molar-refractivity contribution in [2.24, 2.45) is 5.92 Å². The molecule has 3 heterocycles. The first-order valence-electron chi connectivity index (χ1n) is 12.5. The highest BCUT2D eigenvalue weighted by atomic mass is 16.5. The summed E-state index contributed by atoms with van der Waals surface area (Å²) in [6.45, 7) is 5.45. The Morgan fingerprint density at radius 1 is 1.03 bits per heavy atom. The molecule has 10 nitrogen and oxygen atoms in total. The molecule has 3 fully saturated rings. The molecule has 190 valence electrons. The molecular weight excluding hydrogens is 440 g/mol. The Bertz CT molecular complexity index is 789. The molecule has 0 radical (unpaired) electrons. The van der Waals surface area contributed by atoms with Crippen LogP contribution in [0.1, 0.15) is 58.8 Å². The van der Waals surface area contributed by atoms with Crippen molar-refractivity contribution in [3.8, 4) is 0 Å². The van der Waals surface area contributed by atoms with E-state index in [1.165, 1.54) is 0 Å². The molecule has 3 rings (SSSR count). The minimum Gasteiger partial charge on any atom is -0.464 e. The molecule has 0 aromatic heterocycles. The largest absolute Gasteiger partial charge is 0.464 e. The Balaban J connectivity index is 1.55. The van der Waals surface area contributed by atoms with Crippen molar-refractivity contribution < 1.29 is 28.7 Å². The zero-order valence-corrected chi connectivity index (χ0v) is 20.5. The number of aldehydes is 1. The van der Waals surface area contributed by atoms with E-state index in [4.69, 9.17) is 4.74 Å². The molecule has 34 heavy (non-hydrogen) atoms. The first-order chi connectivity index (χ1) is 16.2. The lowest BCUT2D eigenvalue weighted by Gasteiger charge is -2.38. The molecule has 3 aliphatic rings. The van der Waals surface area contributed by atoms with Crippen LogP contribution in [0.4, 0.5) is 0 Å². The molecule has 3 aliphatic heterocycles. The second-order valence-corrected chi connectivity index (χ2v) is 9.94. The second-order valence-electron chi connectivity index (χ2n) is 9.94. The van der Waals surface area contributed by atoms with Crippen LogP contribution in [0.15, 0.2) is 0 Å². The lowest BCUT2D eigenvalue weighted by atomic mass is 9.99. The van der Waals surface area contributed by atoms with Crippen LogP contribution >= 0.6 is 0 Å². The summed E-state index contributed by atoms with van der Waals surface area (Å²) in [7, 11) is 1.90. The van der Waals surface area contributed by atoms with Gasteiger partial charge in [0, 0.05) is 19.6 Å². The minimum atomic E-state index is -0.632. The fourth-order valence-electron chi connectivity index (χ4n) is 5.35. The van der Waals surface area contributed by atoms with Gasteiger partial charge in [0.05, 0.1) is 12.5 Å². The highest BCUT2D eigenvalue weighted by Gasteiger charge is 2.41. The lowest BCUT2D eigenvalue weighted by Crippen LogP contribution is -2.57. The van der Waals surface area contributed by atoms with Crippen LogP contribution in [0.25, 0.3) is 0 Å². The average Bonchev–Trinajstić information content (AvgIpc) is 3.44. The Kier molecular flexibility index (Phi) is 9.04. The fourth-order valence-corrected chi connectivity index (χ4v) is 5.35. The molecule has 10 heteroatoms. The fraction of sp³-hybridized carbons (Fsp3) is 0.792. The lowest BCUT2D eigenvalue weighted by molar-refractivity contribution is -0.152. The van der Waals surface area contributed by atoms with Crippen LogP contribution in [0.5, 0.6) is 0 Å². The molecular formula is C24H38N4O6. The van der Waals surface area contributed by atoms with Gasteiger partial charge in [0.1, 0.15) is 31.0 Å². The highest BCUT2D eigenvalue weighted by Crippen LogP contribution is 2.26. The number of ether oxygens (including phenoxy) is 1. The van der Waals surface area contributed by atoms with Gasteiger partial charge in [-0.15, -0.1) is 0 Å². The number of likely N-dealkylation sites (tertiary alicyclic amines) is 3. The summed E-state index contributed by atoms with van der Waals surface area (Å²) in [6.07, 6.45) is 4.85. The summed E-state index contributed by atoms with van der Waals surface area (Å²) in [5.41, 5.74) is 0. The van der Waals surface area contributed by atoms with Crippen LogP contribution in [-0.2, 0) is 28.7 Å². The van der Waals surface area contributed by atoms with Crippen LogP contribution in [0.2, 0.25) is 0 Å². The number of carbonyl (C=O) groups excluding carboxylic acids is 5. The average molecular weight is 479 g/mol. The summed E-state index contributed by atoms with van der Waals surface area (Å²) in [5.74, 6) is -0.641. The standard InChI is InChI=1S/C24H38N4O6/c1-16-13-20(26(3)14-16)24(33)34-12-9-21(30)27-11-6-8-19(27)23(32)28-10-5-4-7-18(28)22(31)25-17(2)15-29/h15-20H,4-14H2,1-3H3,(H,25,31)/t16-,17?,18?,19?,20?/m1/s1. The number of hydrogen-bond acceptors (Lipinski definition) is 7. The van der Waals surface area contributed by atoms with Gasteiger partial charge in [-0.25, -0.2) is 0 Å². The summed E-state index contributed by atoms with van der Waals surface area (Å²) in [5, 5.41) is 2.64. The van der Waals surface area contributed by atoms with E-state index in [1.807, 2.05) is 11.9 Å². The molecule has 0 aromatic carbocycles. The van der Waals surface area contributed by atoms with Crippen molar-refractivity contribution >= 4 is 30.0 Å². The normalized spacial score (nSPS) is 28.4. The van der Waals surface area contributed by atoms with E-state index in [-0.39, 0.29) is 42.8 Å². The van der Waals surface area contributed by atoms with Crippen molar-refractivity contribution in [3.05, 3.63) is 0 Å². The van der Waals surface area contributed by atoms with Crippen LogP contribution < -0.4 is 5.32 Å². The molecule has 3 saturated heterocycles. The van der Waals surface area contributed by atoms with E-state index in [1.54, 1.807) is 16.7 Å². The topological polar surface area (TPSA) is 116 Å². The van der Waals surface area contributed by atoms with E-state index in [2.05, 4.69) is 12.2 Å². The van der Waals surface area contributed by atoms with Crippen molar-refractivity contribution in [2.45, 2.75) is 83.0 Å². The smallest absolute Gasteiger partial charge is 0.323 e. The van der Waals surface area contributed by atoms with E-state index < -0.39 is 18.1 Å². The first kappa shape index (κ1) is 26.1. The molecule has 1 N–H and O–H groups in total. The monoisotopic (exact) mass is 478 g/mol. The third-order valence-corrected chi connectivity index (χ3v) is 7.11. The number of nitrogens with one attached hydrogen (secondary N) is 1. The van der Waals surface area contributed by atoms with Crippen LogP contribution in [0, 0.1) is 5.92 Å². The molecule has 5 atom stereocenters. The number of carbonyl (C=O) groups is 5.